The monoisotopic (exact) mass is 206 g/mol. The summed E-state index contributed by atoms with van der Waals surface area (Å²) in [6.07, 6.45) is 8.45. The fourth-order valence-corrected chi connectivity index (χ4v) is 2.09. The number of hydrogen-bond acceptors (Lipinski definition) is 3. The lowest BCUT2D eigenvalue weighted by atomic mass is 10.1. The van der Waals surface area contributed by atoms with Crippen LogP contribution in [0.4, 0.5) is 0 Å². The van der Waals surface area contributed by atoms with Crippen LogP contribution >= 0.6 is 0 Å². The first-order chi connectivity index (χ1) is 7.30. The molecule has 15 heavy (non-hydrogen) atoms. The zero-order valence-electron chi connectivity index (χ0n) is 9.24. The molecule has 0 saturated heterocycles. The van der Waals surface area contributed by atoms with Crippen LogP contribution in [0.2, 0.25) is 0 Å². The number of rotatable bonds is 5. The molecule has 0 aliphatic heterocycles. The lowest BCUT2D eigenvalue weighted by Gasteiger charge is -2.10. The molecule has 82 valence electrons. The molecule has 0 radical (unpaired) electrons. The molecule has 2 aliphatic rings. The minimum Gasteiger partial charge on any atom is -0.314 e. The molecule has 2 aliphatic carbocycles. The van der Waals surface area contributed by atoms with Crippen LogP contribution in [-0.4, -0.2) is 27.6 Å². The SMILES string of the molecule is CNC1(Cc2cn(CC3CC3)nn2)CC1. The van der Waals surface area contributed by atoms with Crippen molar-refractivity contribution in [3.8, 4) is 0 Å². The first-order valence-electron chi connectivity index (χ1n) is 5.88. The average molecular weight is 206 g/mol. The second-order valence-corrected chi connectivity index (χ2v) is 5.08. The molecule has 3 rings (SSSR count). The summed E-state index contributed by atoms with van der Waals surface area (Å²) in [5.74, 6) is 0.874. The minimum absolute atomic E-state index is 0.348. The van der Waals surface area contributed by atoms with E-state index in [9.17, 15) is 0 Å². The molecule has 4 heteroatoms. The molecule has 0 bridgehead atoms. The van der Waals surface area contributed by atoms with E-state index in [0.29, 0.717) is 5.54 Å². The highest BCUT2D eigenvalue weighted by Crippen LogP contribution is 2.37. The summed E-state index contributed by atoms with van der Waals surface area (Å²) >= 11 is 0. The maximum Gasteiger partial charge on any atom is 0.0845 e. The molecule has 1 aromatic heterocycles. The van der Waals surface area contributed by atoms with Crippen molar-refractivity contribution in [3.63, 3.8) is 0 Å². The van der Waals surface area contributed by atoms with Gasteiger partial charge >= 0.3 is 0 Å². The number of likely N-dealkylation sites (N-methyl/N-ethyl adjacent to an activating group) is 1. The molecule has 2 fully saturated rings. The van der Waals surface area contributed by atoms with Gasteiger partial charge in [-0.3, -0.25) is 4.68 Å². The van der Waals surface area contributed by atoms with E-state index in [1.165, 1.54) is 25.7 Å². The number of aromatic nitrogens is 3. The molecule has 0 aromatic carbocycles. The fraction of sp³-hybridized carbons (Fsp3) is 0.818. The Morgan fingerprint density at radius 1 is 1.53 bits per heavy atom. The highest BCUT2D eigenvalue weighted by molar-refractivity contribution is 5.10. The highest BCUT2D eigenvalue weighted by Gasteiger charge is 2.41. The third-order valence-electron chi connectivity index (χ3n) is 3.63. The van der Waals surface area contributed by atoms with Crippen molar-refractivity contribution in [2.45, 2.75) is 44.2 Å². The predicted molar refractivity (Wildman–Crippen MR) is 57.5 cm³/mol. The van der Waals surface area contributed by atoms with Crippen LogP contribution in [0, 0.1) is 5.92 Å². The Morgan fingerprint density at radius 3 is 2.93 bits per heavy atom. The smallest absolute Gasteiger partial charge is 0.0845 e. The molecule has 1 heterocycles. The van der Waals surface area contributed by atoms with E-state index >= 15 is 0 Å². The quantitative estimate of drug-likeness (QED) is 0.781. The van der Waals surface area contributed by atoms with E-state index in [2.05, 4.69) is 21.8 Å². The van der Waals surface area contributed by atoms with E-state index in [4.69, 9.17) is 0 Å². The summed E-state index contributed by atoms with van der Waals surface area (Å²) in [7, 11) is 2.04. The van der Waals surface area contributed by atoms with Gasteiger partial charge < -0.3 is 5.32 Å². The van der Waals surface area contributed by atoms with Crippen LogP contribution in [0.1, 0.15) is 31.4 Å². The van der Waals surface area contributed by atoms with Crippen molar-refractivity contribution in [2.24, 2.45) is 5.92 Å². The van der Waals surface area contributed by atoms with Crippen molar-refractivity contribution in [1.29, 1.82) is 0 Å². The maximum absolute atomic E-state index is 4.24. The molecule has 0 amide bonds. The Hall–Kier alpha value is -0.900. The summed E-state index contributed by atoms with van der Waals surface area (Å²) in [6, 6.07) is 0. The molecule has 0 atom stereocenters. The maximum atomic E-state index is 4.24. The summed E-state index contributed by atoms with van der Waals surface area (Å²) in [4.78, 5) is 0. The van der Waals surface area contributed by atoms with Gasteiger partial charge in [0.1, 0.15) is 0 Å². The van der Waals surface area contributed by atoms with E-state index in [1.807, 2.05) is 11.7 Å². The Morgan fingerprint density at radius 2 is 2.33 bits per heavy atom. The third kappa shape index (κ3) is 2.04. The van der Waals surface area contributed by atoms with Gasteiger partial charge in [0.05, 0.1) is 5.69 Å². The molecule has 0 spiro atoms. The lowest BCUT2D eigenvalue weighted by Crippen LogP contribution is -2.29. The standard InChI is InChI=1S/C11H18N4/c1-12-11(4-5-11)6-10-8-15(14-13-10)7-9-2-3-9/h8-9,12H,2-7H2,1H3. The zero-order chi connectivity index (χ0) is 10.3. The second kappa shape index (κ2) is 3.30. The first-order valence-corrected chi connectivity index (χ1v) is 5.88. The Balaban J connectivity index is 1.62. The van der Waals surface area contributed by atoms with Crippen molar-refractivity contribution in [2.75, 3.05) is 7.05 Å². The predicted octanol–water partition coefficient (Wildman–Crippen LogP) is 0.983. The summed E-state index contributed by atoms with van der Waals surface area (Å²) in [5, 5.41) is 11.8. The van der Waals surface area contributed by atoms with Gasteiger partial charge in [0.2, 0.25) is 0 Å². The van der Waals surface area contributed by atoms with Gasteiger partial charge in [-0.1, -0.05) is 5.21 Å². The van der Waals surface area contributed by atoms with Crippen LogP contribution in [0.15, 0.2) is 6.20 Å². The molecule has 0 unspecified atom stereocenters. The van der Waals surface area contributed by atoms with Crippen LogP contribution in [0.5, 0.6) is 0 Å². The van der Waals surface area contributed by atoms with Gasteiger partial charge in [-0.15, -0.1) is 5.10 Å². The summed E-state index contributed by atoms with van der Waals surface area (Å²) in [6.45, 7) is 1.07. The van der Waals surface area contributed by atoms with E-state index in [-0.39, 0.29) is 0 Å². The molecule has 1 N–H and O–H groups in total. The van der Waals surface area contributed by atoms with Gasteiger partial charge in [-0.25, -0.2) is 0 Å². The third-order valence-corrected chi connectivity index (χ3v) is 3.63. The Bertz CT molecular complexity index is 349. The van der Waals surface area contributed by atoms with Crippen molar-refractivity contribution in [3.05, 3.63) is 11.9 Å². The van der Waals surface area contributed by atoms with Gasteiger partial charge in [-0.05, 0) is 38.6 Å². The van der Waals surface area contributed by atoms with E-state index in [0.717, 1.165) is 24.6 Å². The Kier molecular flexibility index (Phi) is 2.06. The number of nitrogens with one attached hydrogen (secondary N) is 1. The van der Waals surface area contributed by atoms with Gasteiger partial charge in [0.25, 0.3) is 0 Å². The second-order valence-electron chi connectivity index (χ2n) is 5.08. The first kappa shape index (κ1) is 9.33. The van der Waals surface area contributed by atoms with Crippen molar-refractivity contribution >= 4 is 0 Å². The number of nitrogens with zero attached hydrogens (tertiary/aromatic N) is 3. The van der Waals surface area contributed by atoms with Crippen LogP contribution in [-0.2, 0) is 13.0 Å². The van der Waals surface area contributed by atoms with E-state index in [1.54, 1.807) is 0 Å². The average Bonchev–Trinajstić information content (AvgIpc) is 3.11. The van der Waals surface area contributed by atoms with Crippen LogP contribution < -0.4 is 5.32 Å². The normalized spacial score (nSPS) is 23.0. The lowest BCUT2D eigenvalue weighted by molar-refractivity contribution is 0.540. The van der Waals surface area contributed by atoms with Gasteiger partial charge in [0.15, 0.2) is 0 Å². The zero-order valence-corrected chi connectivity index (χ0v) is 9.24. The number of hydrogen-bond donors (Lipinski definition) is 1. The summed E-state index contributed by atoms with van der Waals surface area (Å²) in [5.41, 5.74) is 1.49. The molecular formula is C11H18N4. The largest absolute Gasteiger partial charge is 0.314 e. The topological polar surface area (TPSA) is 42.7 Å². The highest BCUT2D eigenvalue weighted by atomic mass is 15.4. The van der Waals surface area contributed by atoms with Crippen LogP contribution in [0.25, 0.3) is 0 Å². The van der Waals surface area contributed by atoms with Gasteiger partial charge in [-0.2, -0.15) is 0 Å². The molecular weight excluding hydrogens is 188 g/mol. The minimum atomic E-state index is 0.348. The van der Waals surface area contributed by atoms with E-state index < -0.39 is 0 Å². The molecule has 4 nitrogen and oxygen atoms in total. The van der Waals surface area contributed by atoms with Crippen molar-refractivity contribution in [1.82, 2.24) is 20.3 Å². The van der Waals surface area contributed by atoms with Crippen molar-refractivity contribution < 1.29 is 0 Å². The summed E-state index contributed by atoms with van der Waals surface area (Å²) < 4.78 is 2.01. The van der Waals surface area contributed by atoms with Crippen LogP contribution in [0.3, 0.4) is 0 Å². The fourth-order valence-electron chi connectivity index (χ4n) is 2.09. The molecule has 1 aromatic rings. The molecule has 2 saturated carbocycles. The Labute approximate surface area is 90.0 Å². The van der Waals surface area contributed by atoms with Gasteiger partial charge in [0, 0.05) is 24.7 Å².